The molecular formula is C11H18FN. The van der Waals surface area contributed by atoms with Crippen LogP contribution in [-0.2, 0) is 0 Å². The second-order valence-corrected chi connectivity index (χ2v) is 3.86. The molecule has 1 aliphatic rings. The summed E-state index contributed by atoms with van der Waals surface area (Å²) < 4.78 is 13.5. The van der Waals surface area contributed by atoms with Crippen LogP contribution >= 0.6 is 0 Å². The van der Waals surface area contributed by atoms with Gasteiger partial charge in [0, 0.05) is 0 Å². The molecule has 0 unspecified atom stereocenters. The van der Waals surface area contributed by atoms with E-state index in [0.29, 0.717) is 11.6 Å². The Morgan fingerprint density at radius 1 is 1.38 bits per heavy atom. The minimum Gasteiger partial charge on any atom is -0.396 e. The van der Waals surface area contributed by atoms with Crippen molar-refractivity contribution in [2.24, 2.45) is 11.7 Å². The first-order valence-electron chi connectivity index (χ1n) is 4.94. The molecule has 0 aromatic heterocycles. The van der Waals surface area contributed by atoms with Gasteiger partial charge in [0.05, 0.1) is 5.70 Å². The van der Waals surface area contributed by atoms with E-state index in [2.05, 4.69) is 13.8 Å². The average molecular weight is 183 g/mol. The lowest BCUT2D eigenvalue weighted by Crippen LogP contribution is -2.13. The fourth-order valence-corrected chi connectivity index (χ4v) is 1.79. The van der Waals surface area contributed by atoms with Crippen LogP contribution in [0.4, 0.5) is 4.39 Å². The molecule has 0 aromatic carbocycles. The molecule has 2 heteroatoms. The molecule has 1 aliphatic carbocycles. The Kier molecular flexibility index (Phi) is 3.12. The third kappa shape index (κ3) is 1.93. The molecule has 1 rings (SSSR count). The lowest BCUT2D eigenvalue weighted by molar-refractivity contribution is 0.575. The molecule has 0 radical (unpaired) electrons. The first-order valence-corrected chi connectivity index (χ1v) is 4.94. The number of allylic oxidation sites excluding steroid dienone is 3. The van der Waals surface area contributed by atoms with E-state index in [1.54, 1.807) is 0 Å². The fourth-order valence-electron chi connectivity index (χ4n) is 1.79. The molecule has 0 heterocycles. The van der Waals surface area contributed by atoms with Crippen molar-refractivity contribution in [1.82, 2.24) is 0 Å². The van der Waals surface area contributed by atoms with Crippen LogP contribution in [0.2, 0.25) is 0 Å². The number of rotatable bonds is 2. The first-order chi connectivity index (χ1) is 6.07. The van der Waals surface area contributed by atoms with E-state index in [1.165, 1.54) is 0 Å². The minimum absolute atomic E-state index is 0.155. The van der Waals surface area contributed by atoms with Crippen LogP contribution in [-0.4, -0.2) is 0 Å². The van der Waals surface area contributed by atoms with Gasteiger partial charge >= 0.3 is 0 Å². The van der Waals surface area contributed by atoms with Crippen molar-refractivity contribution < 1.29 is 4.39 Å². The summed E-state index contributed by atoms with van der Waals surface area (Å²) >= 11 is 0. The Labute approximate surface area is 79.5 Å². The smallest absolute Gasteiger partial charge is 0.145 e. The molecule has 13 heavy (non-hydrogen) atoms. The highest BCUT2D eigenvalue weighted by atomic mass is 19.1. The third-order valence-corrected chi connectivity index (χ3v) is 2.71. The van der Waals surface area contributed by atoms with Gasteiger partial charge in [-0.1, -0.05) is 20.8 Å². The van der Waals surface area contributed by atoms with Crippen LogP contribution in [0.5, 0.6) is 0 Å². The molecule has 0 amide bonds. The van der Waals surface area contributed by atoms with Crippen molar-refractivity contribution in [2.45, 2.75) is 40.0 Å². The Hall–Kier alpha value is -0.790. The van der Waals surface area contributed by atoms with Gasteiger partial charge in [-0.25, -0.2) is 4.39 Å². The quantitative estimate of drug-likeness (QED) is 0.698. The summed E-state index contributed by atoms with van der Waals surface area (Å²) in [6.07, 6.45) is 2.55. The van der Waals surface area contributed by atoms with E-state index in [1.807, 2.05) is 6.92 Å². The van der Waals surface area contributed by atoms with Gasteiger partial charge in [-0.15, -0.1) is 0 Å². The van der Waals surface area contributed by atoms with E-state index in [9.17, 15) is 4.39 Å². The lowest BCUT2D eigenvalue weighted by Gasteiger charge is -2.21. The Balaban J connectivity index is 3.02. The number of hydrogen-bond acceptors (Lipinski definition) is 1. The normalized spacial score (nSPS) is 18.8. The monoisotopic (exact) mass is 183 g/mol. The van der Waals surface area contributed by atoms with Gasteiger partial charge in [0.2, 0.25) is 0 Å². The predicted molar refractivity (Wildman–Crippen MR) is 53.7 cm³/mol. The number of nitrogens with two attached hydrogens (primary N) is 1. The second-order valence-electron chi connectivity index (χ2n) is 3.86. The molecule has 2 N–H and O–H groups in total. The summed E-state index contributed by atoms with van der Waals surface area (Å²) in [5.41, 5.74) is 8.09. The van der Waals surface area contributed by atoms with E-state index in [4.69, 9.17) is 5.73 Å². The van der Waals surface area contributed by atoms with Crippen LogP contribution in [0, 0.1) is 5.92 Å². The van der Waals surface area contributed by atoms with Crippen LogP contribution in [0.1, 0.15) is 40.0 Å². The molecule has 0 spiro atoms. The van der Waals surface area contributed by atoms with Crippen LogP contribution in [0.3, 0.4) is 0 Å². The predicted octanol–water partition coefficient (Wildman–Crippen LogP) is 3.28. The molecule has 0 saturated carbocycles. The molecule has 74 valence electrons. The highest BCUT2D eigenvalue weighted by molar-refractivity contribution is 5.37. The zero-order valence-corrected chi connectivity index (χ0v) is 8.65. The zero-order valence-electron chi connectivity index (χ0n) is 8.65. The third-order valence-electron chi connectivity index (χ3n) is 2.71. The molecule has 0 atom stereocenters. The highest BCUT2D eigenvalue weighted by Crippen LogP contribution is 2.33. The molecule has 0 aromatic rings. The van der Waals surface area contributed by atoms with Gasteiger partial charge in [0.15, 0.2) is 0 Å². The maximum atomic E-state index is 13.5. The van der Waals surface area contributed by atoms with Crippen molar-refractivity contribution >= 4 is 0 Å². The molecule has 0 fully saturated rings. The SMILES string of the molecule is CCC1=C(F)C(N)=C(C(C)C)CC1. The summed E-state index contributed by atoms with van der Waals surface area (Å²) in [7, 11) is 0. The first kappa shape index (κ1) is 10.3. The topological polar surface area (TPSA) is 26.0 Å². The maximum absolute atomic E-state index is 13.5. The van der Waals surface area contributed by atoms with Gasteiger partial charge in [0.1, 0.15) is 5.83 Å². The largest absolute Gasteiger partial charge is 0.396 e. The van der Waals surface area contributed by atoms with Gasteiger partial charge in [-0.3, -0.25) is 0 Å². The van der Waals surface area contributed by atoms with Crippen molar-refractivity contribution in [3.63, 3.8) is 0 Å². The van der Waals surface area contributed by atoms with Gasteiger partial charge in [-0.05, 0) is 36.3 Å². The van der Waals surface area contributed by atoms with Crippen molar-refractivity contribution in [3.05, 3.63) is 22.7 Å². The van der Waals surface area contributed by atoms with Gasteiger partial charge < -0.3 is 5.73 Å². The summed E-state index contributed by atoms with van der Waals surface area (Å²) in [6, 6.07) is 0. The standard InChI is InChI=1S/C11H18FN/c1-4-8-5-6-9(7(2)3)11(13)10(8)12/h7H,4-6,13H2,1-3H3. The minimum atomic E-state index is -0.155. The molecule has 1 nitrogen and oxygen atoms in total. The molecule has 0 saturated heterocycles. The van der Waals surface area contributed by atoms with E-state index in [-0.39, 0.29) is 5.83 Å². The maximum Gasteiger partial charge on any atom is 0.145 e. The van der Waals surface area contributed by atoms with Crippen LogP contribution < -0.4 is 5.73 Å². The van der Waals surface area contributed by atoms with Crippen molar-refractivity contribution in [2.75, 3.05) is 0 Å². The number of halogens is 1. The average Bonchev–Trinajstić information content (AvgIpc) is 2.09. The van der Waals surface area contributed by atoms with E-state index < -0.39 is 0 Å². The van der Waals surface area contributed by atoms with Crippen molar-refractivity contribution in [3.8, 4) is 0 Å². The van der Waals surface area contributed by atoms with Gasteiger partial charge in [0.25, 0.3) is 0 Å². The highest BCUT2D eigenvalue weighted by Gasteiger charge is 2.20. The second kappa shape index (κ2) is 3.95. The molecule has 0 aliphatic heterocycles. The summed E-state index contributed by atoms with van der Waals surface area (Å²) in [5.74, 6) is 0.210. The lowest BCUT2D eigenvalue weighted by atomic mass is 9.88. The van der Waals surface area contributed by atoms with Crippen LogP contribution in [0.15, 0.2) is 22.7 Å². The number of hydrogen-bond donors (Lipinski definition) is 1. The molecular weight excluding hydrogens is 165 g/mol. The Morgan fingerprint density at radius 2 is 2.00 bits per heavy atom. The van der Waals surface area contributed by atoms with E-state index in [0.717, 1.165) is 30.4 Å². The Bertz CT molecular complexity index is 261. The summed E-state index contributed by atoms with van der Waals surface area (Å²) in [5, 5.41) is 0. The molecule has 0 bridgehead atoms. The van der Waals surface area contributed by atoms with Crippen LogP contribution in [0.25, 0.3) is 0 Å². The van der Waals surface area contributed by atoms with Crippen molar-refractivity contribution in [1.29, 1.82) is 0 Å². The summed E-state index contributed by atoms with van der Waals surface area (Å²) in [4.78, 5) is 0. The van der Waals surface area contributed by atoms with Gasteiger partial charge in [-0.2, -0.15) is 0 Å². The zero-order chi connectivity index (χ0) is 10.0. The summed E-state index contributed by atoms with van der Waals surface area (Å²) in [6.45, 7) is 6.10. The fraction of sp³-hybridized carbons (Fsp3) is 0.636. The van der Waals surface area contributed by atoms with E-state index >= 15 is 0 Å². The Morgan fingerprint density at radius 3 is 2.46 bits per heavy atom.